The Hall–Kier alpha value is -2.42. The molecular formula is C27H39N3. The lowest BCUT2D eigenvalue weighted by Gasteiger charge is -2.21. The van der Waals surface area contributed by atoms with Crippen molar-refractivity contribution in [1.82, 2.24) is 5.32 Å². The van der Waals surface area contributed by atoms with Crippen LogP contribution in [-0.2, 0) is 10.8 Å². The van der Waals surface area contributed by atoms with Gasteiger partial charge in [-0.25, -0.2) is 0 Å². The van der Waals surface area contributed by atoms with E-state index in [0.717, 1.165) is 29.2 Å². The molecule has 2 aromatic carbocycles. The van der Waals surface area contributed by atoms with Crippen molar-refractivity contribution < 1.29 is 0 Å². The zero-order valence-corrected chi connectivity index (χ0v) is 20.3. The molecule has 3 heteroatoms. The van der Waals surface area contributed by atoms with Gasteiger partial charge in [0.05, 0.1) is 0 Å². The maximum Gasteiger partial charge on any atom is 0.134 e. The third kappa shape index (κ3) is 6.29. The van der Waals surface area contributed by atoms with Gasteiger partial charge in [0.2, 0.25) is 0 Å². The number of hydrogen-bond donors (Lipinski definition) is 1. The van der Waals surface area contributed by atoms with Crippen LogP contribution in [0.2, 0.25) is 0 Å². The molecule has 3 nitrogen and oxygen atoms in total. The van der Waals surface area contributed by atoms with E-state index in [1.807, 2.05) is 7.05 Å². The molecule has 0 fully saturated rings. The van der Waals surface area contributed by atoms with Crippen LogP contribution in [0.1, 0.15) is 84.1 Å². The van der Waals surface area contributed by atoms with Crippen LogP contribution >= 0.6 is 0 Å². The van der Waals surface area contributed by atoms with Crippen molar-refractivity contribution >= 4 is 11.7 Å². The molecule has 2 aromatic rings. The Morgan fingerprint density at radius 3 is 1.50 bits per heavy atom. The van der Waals surface area contributed by atoms with Gasteiger partial charge in [-0.3, -0.25) is 9.98 Å². The Balaban J connectivity index is 2.37. The molecule has 0 heterocycles. The van der Waals surface area contributed by atoms with Crippen LogP contribution in [0.5, 0.6) is 0 Å². The van der Waals surface area contributed by atoms with Gasteiger partial charge in [-0.2, -0.15) is 0 Å². The lowest BCUT2D eigenvalue weighted by Crippen LogP contribution is -2.33. The number of aliphatic imine (C=N–C) groups is 2. The van der Waals surface area contributed by atoms with E-state index in [2.05, 4.69) is 114 Å². The highest BCUT2D eigenvalue weighted by atomic mass is 15.1. The summed E-state index contributed by atoms with van der Waals surface area (Å²) < 4.78 is 0. The summed E-state index contributed by atoms with van der Waals surface area (Å²) in [6.45, 7) is 17.7. The highest BCUT2D eigenvalue weighted by Crippen LogP contribution is 2.23. The Kier molecular flexibility index (Phi) is 7.63. The van der Waals surface area contributed by atoms with Crippen molar-refractivity contribution in [3.63, 3.8) is 0 Å². The number of hydrogen-bond acceptors (Lipinski definition) is 2. The summed E-state index contributed by atoms with van der Waals surface area (Å²) in [6, 6.07) is 17.6. The first-order valence-electron chi connectivity index (χ1n) is 11.0. The molecule has 0 saturated carbocycles. The highest BCUT2D eigenvalue weighted by molar-refractivity contribution is 6.14. The second-order valence-corrected chi connectivity index (χ2v) is 10.1. The third-order valence-corrected chi connectivity index (χ3v) is 5.45. The van der Waals surface area contributed by atoms with Crippen LogP contribution < -0.4 is 5.32 Å². The van der Waals surface area contributed by atoms with Crippen LogP contribution in [0.25, 0.3) is 0 Å². The van der Waals surface area contributed by atoms with Gasteiger partial charge in [0.15, 0.2) is 0 Å². The van der Waals surface area contributed by atoms with Crippen molar-refractivity contribution in [2.24, 2.45) is 9.98 Å². The van der Waals surface area contributed by atoms with E-state index >= 15 is 0 Å². The number of benzene rings is 2. The monoisotopic (exact) mass is 405 g/mol. The highest BCUT2D eigenvalue weighted by Gasteiger charge is 2.17. The summed E-state index contributed by atoms with van der Waals surface area (Å²) >= 11 is 0. The summed E-state index contributed by atoms with van der Waals surface area (Å²) in [7, 11) is 1.82. The first kappa shape index (κ1) is 23.9. The van der Waals surface area contributed by atoms with Crippen LogP contribution in [0.3, 0.4) is 0 Å². The van der Waals surface area contributed by atoms with E-state index in [4.69, 9.17) is 4.99 Å². The zero-order chi connectivity index (χ0) is 22.5. The summed E-state index contributed by atoms with van der Waals surface area (Å²) in [4.78, 5) is 9.48. The largest absolute Gasteiger partial charge is 0.325 e. The molecule has 0 amide bonds. The van der Waals surface area contributed by atoms with E-state index in [9.17, 15) is 0 Å². The minimum absolute atomic E-state index is 0.130. The molecule has 0 spiro atoms. The van der Waals surface area contributed by atoms with Gasteiger partial charge in [-0.15, -0.1) is 0 Å². The number of nitrogens with one attached hydrogen (secondary N) is 1. The minimum Gasteiger partial charge on any atom is -0.325 e. The Labute approximate surface area is 183 Å². The molecule has 1 N–H and O–H groups in total. The molecule has 0 aromatic heterocycles. The zero-order valence-electron chi connectivity index (χ0n) is 20.3. The number of rotatable bonds is 4. The molecule has 0 aliphatic heterocycles. The number of nitrogens with zero attached hydrogens (tertiary/aromatic N) is 2. The van der Waals surface area contributed by atoms with Gasteiger partial charge in [0.1, 0.15) is 11.7 Å². The van der Waals surface area contributed by atoms with Gasteiger partial charge in [0.25, 0.3) is 0 Å². The molecule has 0 aliphatic carbocycles. The lowest BCUT2D eigenvalue weighted by molar-refractivity contribution is 0.590. The molecule has 0 radical (unpaired) electrons. The fourth-order valence-corrected chi connectivity index (χ4v) is 3.12. The van der Waals surface area contributed by atoms with Crippen molar-refractivity contribution in [2.45, 2.75) is 78.7 Å². The molecule has 0 saturated heterocycles. The van der Waals surface area contributed by atoms with Gasteiger partial charge in [0, 0.05) is 24.2 Å². The van der Waals surface area contributed by atoms with Crippen molar-refractivity contribution in [3.05, 3.63) is 70.8 Å². The topological polar surface area (TPSA) is 36.8 Å². The normalized spacial score (nSPS) is 14.6. The summed E-state index contributed by atoms with van der Waals surface area (Å²) in [5.41, 5.74) is 5.03. The van der Waals surface area contributed by atoms with Gasteiger partial charge >= 0.3 is 0 Å². The summed E-state index contributed by atoms with van der Waals surface area (Å²) in [5, 5.41) is 3.52. The van der Waals surface area contributed by atoms with Crippen molar-refractivity contribution in [1.29, 1.82) is 0 Å². The van der Waals surface area contributed by atoms with Gasteiger partial charge < -0.3 is 5.32 Å². The fourth-order valence-electron chi connectivity index (χ4n) is 3.12. The first-order chi connectivity index (χ1) is 14.0. The summed E-state index contributed by atoms with van der Waals surface area (Å²) in [5.74, 6) is 1.70. The number of amidine groups is 2. The maximum atomic E-state index is 4.95. The second kappa shape index (κ2) is 9.59. The van der Waals surface area contributed by atoms with Crippen LogP contribution in [0, 0.1) is 0 Å². The SMILES string of the molecule is CCC(C)N=C(NC(=NC)c1ccc(C(C)(C)C)cc1)c1ccc(C(C)(C)C)cc1. The maximum absolute atomic E-state index is 4.95. The average molecular weight is 406 g/mol. The van der Waals surface area contributed by atoms with E-state index in [1.165, 1.54) is 11.1 Å². The summed E-state index contributed by atoms with van der Waals surface area (Å²) in [6.07, 6.45) is 0.990. The Bertz CT molecular complexity index is 874. The second-order valence-electron chi connectivity index (χ2n) is 10.1. The smallest absolute Gasteiger partial charge is 0.134 e. The van der Waals surface area contributed by atoms with E-state index in [0.29, 0.717) is 0 Å². The molecule has 2 rings (SSSR count). The molecular weight excluding hydrogens is 366 g/mol. The van der Waals surface area contributed by atoms with Gasteiger partial charge in [-0.1, -0.05) is 97.0 Å². The molecule has 30 heavy (non-hydrogen) atoms. The molecule has 162 valence electrons. The minimum atomic E-state index is 0.130. The predicted octanol–water partition coefficient (Wildman–Crippen LogP) is 6.49. The lowest BCUT2D eigenvalue weighted by atomic mass is 9.86. The molecule has 1 unspecified atom stereocenters. The van der Waals surface area contributed by atoms with Crippen molar-refractivity contribution in [2.75, 3.05) is 7.05 Å². The quantitative estimate of drug-likeness (QED) is 0.458. The van der Waals surface area contributed by atoms with E-state index < -0.39 is 0 Å². The Morgan fingerprint density at radius 1 is 0.767 bits per heavy atom. The molecule has 1 atom stereocenters. The van der Waals surface area contributed by atoms with Crippen LogP contribution in [-0.4, -0.2) is 24.8 Å². The Morgan fingerprint density at radius 2 is 1.17 bits per heavy atom. The first-order valence-corrected chi connectivity index (χ1v) is 11.0. The molecule has 0 bridgehead atoms. The fraction of sp³-hybridized carbons (Fsp3) is 0.481. The van der Waals surface area contributed by atoms with E-state index in [-0.39, 0.29) is 16.9 Å². The van der Waals surface area contributed by atoms with Crippen LogP contribution in [0.4, 0.5) is 0 Å². The predicted molar refractivity (Wildman–Crippen MR) is 132 cm³/mol. The average Bonchev–Trinajstić information content (AvgIpc) is 2.69. The molecule has 0 aliphatic rings. The van der Waals surface area contributed by atoms with Gasteiger partial charge in [-0.05, 0) is 35.3 Å². The van der Waals surface area contributed by atoms with E-state index in [1.54, 1.807) is 0 Å². The van der Waals surface area contributed by atoms with Crippen LogP contribution in [0.15, 0.2) is 58.5 Å². The standard InChI is InChI=1S/C27H39N3/c1-10-19(2)29-25(21-13-17-23(18-14-21)27(6,7)8)30-24(28-9)20-11-15-22(16-12-20)26(3,4)5/h11-19H,10H2,1-9H3,(H,28,29,30). The van der Waals surface area contributed by atoms with Crippen molar-refractivity contribution in [3.8, 4) is 0 Å². The third-order valence-electron chi connectivity index (χ3n) is 5.45.